The number of ether oxygens (including phenoxy) is 1. The van der Waals surface area contributed by atoms with Crippen LogP contribution in [0.4, 0.5) is 0 Å². The zero-order valence-electron chi connectivity index (χ0n) is 11.9. The molecule has 3 rings (SSSR count). The molecule has 2 aliphatic rings. The van der Waals surface area contributed by atoms with Crippen molar-refractivity contribution >= 4 is 11.3 Å². The van der Waals surface area contributed by atoms with Gasteiger partial charge in [0.05, 0.1) is 6.10 Å². The molecule has 0 bridgehead atoms. The largest absolute Gasteiger partial charge is 0.376 e. The first-order chi connectivity index (χ1) is 9.24. The van der Waals surface area contributed by atoms with E-state index in [1.165, 1.54) is 24.9 Å². The minimum atomic E-state index is 0.447. The maximum Gasteiger partial charge on any atom is 0.0782 e. The number of fused-ring (bicyclic) bond motifs is 1. The number of rotatable bonds is 3. The van der Waals surface area contributed by atoms with E-state index < -0.39 is 0 Å². The molecule has 2 fully saturated rings. The van der Waals surface area contributed by atoms with E-state index in [-0.39, 0.29) is 0 Å². The minimum absolute atomic E-state index is 0.447. The lowest BCUT2D eigenvalue weighted by atomic mass is 9.85. The first-order valence-electron chi connectivity index (χ1n) is 7.25. The lowest BCUT2D eigenvalue weighted by Crippen LogP contribution is -2.59. The summed E-state index contributed by atoms with van der Waals surface area (Å²) in [6.45, 7) is 4.38. The highest BCUT2D eigenvalue weighted by Gasteiger charge is 2.40. The highest BCUT2D eigenvalue weighted by Crippen LogP contribution is 2.31. The maximum absolute atomic E-state index is 6.07. The molecule has 106 valence electrons. The fourth-order valence-corrected chi connectivity index (χ4v) is 4.15. The van der Waals surface area contributed by atoms with Crippen molar-refractivity contribution in [1.82, 2.24) is 9.80 Å². The summed E-state index contributed by atoms with van der Waals surface area (Å²) in [6.07, 6.45) is 3.01. The van der Waals surface area contributed by atoms with Crippen molar-refractivity contribution in [2.45, 2.75) is 31.5 Å². The van der Waals surface area contributed by atoms with Gasteiger partial charge >= 0.3 is 0 Å². The van der Waals surface area contributed by atoms with E-state index in [9.17, 15) is 0 Å². The molecule has 0 aromatic carbocycles. The van der Waals surface area contributed by atoms with E-state index in [0.29, 0.717) is 18.1 Å². The topological polar surface area (TPSA) is 15.7 Å². The highest BCUT2D eigenvalue weighted by atomic mass is 32.1. The van der Waals surface area contributed by atoms with Crippen LogP contribution in [0.2, 0.25) is 0 Å². The summed E-state index contributed by atoms with van der Waals surface area (Å²) in [4.78, 5) is 4.96. The molecule has 0 aliphatic carbocycles. The van der Waals surface area contributed by atoms with Crippen LogP contribution < -0.4 is 0 Å². The normalized spacial score (nSPS) is 32.5. The zero-order chi connectivity index (χ0) is 13.2. The lowest BCUT2D eigenvalue weighted by molar-refractivity contribution is -0.107. The second kappa shape index (κ2) is 5.92. The number of nitrogens with zero attached hydrogens (tertiary/aromatic N) is 2. The Labute approximate surface area is 120 Å². The van der Waals surface area contributed by atoms with Crippen molar-refractivity contribution in [2.24, 2.45) is 5.92 Å². The van der Waals surface area contributed by atoms with E-state index in [4.69, 9.17) is 4.74 Å². The van der Waals surface area contributed by atoms with Gasteiger partial charge in [-0.05, 0) is 55.2 Å². The van der Waals surface area contributed by atoms with Gasteiger partial charge in [0, 0.05) is 32.3 Å². The molecule has 0 radical (unpaired) electrons. The minimum Gasteiger partial charge on any atom is -0.376 e. The molecule has 1 aromatic rings. The lowest BCUT2D eigenvalue weighted by Gasteiger charge is -2.48. The number of likely N-dealkylation sites (tertiary alicyclic amines) is 1. The Morgan fingerprint density at radius 1 is 1.42 bits per heavy atom. The van der Waals surface area contributed by atoms with Gasteiger partial charge in [-0.15, -0.1) is 0 Å². The number of piperidine rings is 1. The van der Waals surface area contributed by atoms with Crippen LogP contribution in [-0.2, 0) is 11.3 Å². The smallest absolute Gasteiger partial charge is 0.0782 e. The van der Waals surface area contributed by atoms with Crippen LogP contribution >= 0.6 is 11.3 Å². The molecule has 0 spiro atoms. The van der Waals surface area contributed by atoms with Gasteiger partial charge in [-0.2, -0.15) is 11.3 Å². The number of hydrogen-bond donors (Lipinski definition) is 0. The quantitative estimate of drug-likeness (QED) is 0.845. The van der Waals surface area contributed by atoms with Crippen LogP contribution in [0.5, 0.6) is 0 Å². The zero-order valence-corrected chi connectivity index (χ0v) is 12.7. The van der Waals surface area contributed by atoms with Crippen molar-refractivity contribution < 1.29 is 4.74 Å². The third kappa shape index (κ3) is 3.02. The van der Waals surface area contributed by atoms with Gasteiger partial charge in [-0.1, -0.05) is 0 Å². The van der Waals surface area contributed by atoms with E-state index >= 15 is 0 Å². The Bertz CT molecular complexity index is 393. The molecule has 2 aliphatic heterocycles. The van der Waals surface area contributed by atoms with E-state index in [1.807, 2.05) is 0 Å². The highest BCUT2D eigenvalue weighted by molar-refractivity contribution is 7.07. The predicted octanol–water partition coefficient (Wildman–Crippen LogP) is 2.29. The maximum atomic E-state index is 6.07. The SMILES string of the molecule is CN(C)[C@@H]1CN(Cc2ccsc2)C[C@@H]2CCCO[C@@H]21. The number of likely N-dealkylation sites (N-methyl/N-ethyl adjacent to an activating group) is 1. The van der Waals surface area contributed by atoms with Gasteiger partial charge < -0.3 is 9.64 Å². The number of thiophene rings is 1. The van der Waals surface area contributed by atoms with Crippen LogP contribution in [0, 0.1) is 5.92 Å². The molecule has 0 saturated carbocycles. The molecule has 4 heteroatoms. The number of hydrogen-bond acceptors (Lipinski definition) is 4. The average Bonchev–Trinajstić information content (AvgIpc) is 2.90. The van der Waals surface area contributed by atoms with Crippen LogP contribution in [0.15, 0.2) is 16.8 Å². The third-order valence-corrected chi connectivity index (χ3v) is 5.19. The Morgan fingerprint density at radius 2 is 2.32 bits per heavy atom. The fourth-order valence-electron chi connectivity index (χ4n) is 3.49. The second-order valence-corrected chi connectivity index (χ2v) is 6.87. The van der Waals surface area contributed by atoms with Crippen LogP contribution in [0.3, 0.4) is 0 Å². The molecular weight excluding hydrogens is 256 g/mol. The third-order valence-electron chi connectivity index (χ3n) is 4.46. The molecule has 1 aromatic heterocycles. The summed E-state index contributed by atoms with van der Waals surface area (Å²) >= 11 is 1.80. The molecule has 19 heavy (non-hydrogen) atoms. The molecule has 2 saturated heterocycles. The first-order valence-corrected chi connectivity index (χ1v) is 8.20. The molecule has 0 N–H and O–H groups in total. The Balaban J connectivity index is 1.70. The van der Waals surface area contributed by atoms with Gasteiger partial charge in [0.1, 0.15) is 0 Å². The first kappa shape index (κ1) is 13.6. The fraction of sp³-hybridized carbons (Fsp3) is 0.733. The summed E-state index contributed by atoms with van der Waals surface area (Å²) in [5.41, 5.74) is 1.46. The van der Waals surface area contributed by atoms with Crippen molar-refractivity contribution in [3.05, 3.63) is 22.4 Å². The molecule has 0 unspecified atom stereocenters. The molecule has 3 nitrogen and oxygen atoms in total. The van der Waals surface area contributed by atoms with Crippen LogP contribution in [0.25, 0.3) is 0 Å². The van der Waals surface area contributed by atoms with Gasteiger partial charge in [0.2, 0.25) is 0 Å². The average molecular weight is 280 g/mol. The monoisotopic (exact) mass is 280 g/mol. The van der Waals surface area contributed by atoms with E-state index in [0.717, 1.165) is 19.7 Å². The second-order valence-electron chi connectivity index (χ2n) is 6.09. The summed E-state index contributed by atoms with van der Waals surface area (Å²) < 4.78 is 6.07. The Morgan fingerprint density at radius 3 is 3.05 bits per heavy atom. The molecule has 0 amide bonds. The van der Waals surface area contributed by atoms with Gasteiger partial charge in [0.25, 0.3) is 0 Å². The standard InChI is InChI=1S/C15H24N2OS/c1-16(2)14-10-17(8-12-5-7-19-11-12)9-13-4-3-6-18-15(13)14/h5,7,11,13-15H,3-4,6,8-10H2,1-2H3/t13-,14+,15-/m0/s1. The van der Waals surface area contributed by atoms with Crippen molar-refractivity contribution in [2.75, 3.05) is 33.8 Å². The van der Waals surface area contributed by atoms with E-state index in [1.54, 1.807) is 11.3 Å². The van der Waals surface area contributed by atoms with E-state index in [2.05, 4.69) is 40.7 Å². The van der Waals surface area contributed by atoms with Crippen molar-refractivity contribution in [1.29, 1.82) is 0 Å². The van der Waals surface area contributed by atoms with Gasteiger partial charge in [-0.25, -0.2) is 0 Å². The molecule has 3 heterocycles. The molecule has 3 atom stereocenters. The van der Waals surface area contributed by atoms with Crippen LogP contribution in [0.1, 0.15) is 18.4 Å². The summed E-state index contributed by atoms with van der Waals surface area (Å²) in [6, 6.07) is 2.79. The molecular formula is C15H24N2OS. The van der Waals surface area contributed by atoms with Crippen molar-refractivity contribution in [3.8, 4) is 0 Å². The summed E-state index contributed by atoms with van der Waals surface area (Å²) in [5.74, 6) is 0.716. The van der Waals surface area contributed by atoms with Gasteiger partial charge in [-0.3, -0.25) is 4.90 Å². The Kier molecular flexibility index (Phi) is 4.22. The van der Waals surface area contributed by atoms with Crippen LogP contribution in [-0.4, -0.2) is 55.7 Å². The summed E-state index contributed by atoms with van der Waals surface area (Å²) in [7, 11) is 4.38. The summed E-state index contributed by atoms with van der Waals surface area (Å²) in [5, 5.41) is 4.45. The van der Waals surface area contributed by atoms with Gasteiger partial charge in [0.15, 0.2) is 0 Å². The van der Waals surface area contributed by atoms with Crippen molar-refractivity contribution in [3.63, 3.8) is 0 Å². The Hall–Kier alpha value is -0.420. The predicted molar refractivity (Wildman–Crippen MR) is 79.5 cm³/mol.